The van der Waals surface area contributed by atoms with E-state index in [9.17, 15) is 18.0 Å². The number of methoxy groups -OCH3 is 1. The van der Waals surface area contributed by atoms with Crippen molar-refractivity contribution in [1.29, 1.82) is 0 Å². The highest BCUT2D eigenvalue weighted by Gasteiger charge is 2.35. The zero-order valence-corrected chi connectivity index (χ0v) is 25.6. The van der Waals surface area contributed by atoms with Crippen LogP contribution in [0.5, 0.6) is 5.75 Å². The number of amides is 2. The summed E-state index contributed by atoms with van der Waals surface area (Å²) in [7, 11) is -2.62. The van der Waals surface area contributed by atoms with Gasteiger partial charge in [-0.25, -0.2) is 8.42 Å². The smallest absolute Gasteiger partial charge is 0.264 e. The van der Waals surface area contributed by atoms with Gasteiger partial charge in [0.1, 0.15) is 18.3 Å². The van der Waals surface area contributed by atoms with Gasteiger partial charge >= 0.3 is 0 Å². The molecule has 2 amide bonds. The molecule has 42 heavy (non-hydrogen) atoms. The van der Waals surface area contributed by atoms with E-state index in [-0.39, 0.29) is 34.1 Å². The first-order chi connectivity index (χ1) is 20.2. The molecule has 1 aliphatic rings. The molecule has 0 bridgehead atoms. The number of rotatable bonds is 12. The van der Waals surface area contributed by atoms with Gasteiger partial charge in [0.15, 0.2) is 0 Å². The lowest BCUT2D eigenvalue weighted by Gasteiger charge is -2.34. The average molecular weight is 612 g/mol. The van der Waals surface area contributed by atoms with Crippen molar-refractivity contribution in [3.63, 3.8) is 0 Å². The number of ether oxygens (including phenoxy) is 1. The maximum atomic E-state index is 14.2. The van der Waals surface area contributed by atoms with Gasteiger partial charge in [0.2, 0.25) is 11.8 Å². The van der Waals surface area contributed by atoms with Gasteiger partial charge in [-0.3, -0.25) is 13.9 Å². The first-order valence-electron chi connectivity index (χ1n) is 14.3. The molecule has 0 saturated heterocycles. The van der Waals surface area contributed by atoms with Crippen LogP contribution in [0.1, 0.15) is 51.0 Å². The fourth-order valence-electron chi connectivity index (χ4n) is 5.32. The Morgan fingerprint density at radius 2 is 1.67 bits per heavy atom. The van der Waals surface area contributed by atoms with E-state index in [1.807, 2.05) is 19.1 Å². The lowest BCUT2D eigenvalue weighted by Crippen LogP contribution is -2.54. The summed E-state index contributed by atoms with van der Waals surface area (Å²) in [5, 5.41) is 3.34. The minimum atomic E-state index is -4.18. The van der Waals surface area contributed by atoms with Crippen LogP contribution in [0.3, 0.4) is 0 Å². The second-order valence-electron chi connectivity index (χ2n) is 10.4. The summed E-state index contributed by atoms with van der Waals surface area (Å²) in [5.41, 5.74) is 0.930. The summed E-state index contributed by atoms with van der Waals surface area (Å²) in [6, 6.07) is 20.9. The largest absolute Gasteiger partial charge is 0.497 e. The Kier molecular flexibility index (Phi) is 10.9. The van der Waals surface area contributed by atoms with Crippen LogP contribution in [-0.2, 0) is 26.2 Å². The van der Waals surface area contributed by atoms with E-state index in [0.717, 1.165) is 42.0 Å². The number of hydrogen-bond acceptors (Lipinski definition) is 5. The molecule has 3 aromatic carbocycles. The third-order valence-electron chi connectivity index (χ3n) is 7.56. The Labute approximate surface area is 253 Å². The van der Waals surface area contributed by atoms with Gasteiger partial charge in [0.05, 0.1) is 22.7 Å². The number of sulfonamides is 1. The number of anilines is 1. The van der Waals surface area contributed by atoms with Crippen molar-refractivity contribution in [1.82, 2.24) is 10.2 Å². The summed E-state index contributed by atoms with van der Waals surface area (Å²) in [6.45, 7) is 1.40. The van der Waals surface area contributed by atoms with Crippen LogP contribution in [0.25, 0.3) is 0 Å². The first-order valence-corrected chi connectivity index (χ1v) is 16.1. The first kappa shape index (κ1) is 31.4. The third kappa shape index (κ3) is 7.63. The van der Waals surface area contributed by atoms with Crippen LogP contribution in [0, 0.1) is 0 Å². The summed E-state index contributed by atoms with van der Waals surface area (Å²) in [4.78, 5) is 29.4. The van der Waals surface area contributed by atoms with Gasteiger partial charge in [-0.15, -0.1) is 0 Å². The van der Waals surface area contributed by atoms with E-state index in [0.29, 0.717) is 12.2 Å². The van der Waals surface area contributed by atoms with Crippen molar-refractivity contribution in [3.05, 3.63) is 89.4 Å². The molecule has 1 saturated carbocycles. The maximum Gasteiger partial charge on any atom is 0.264 e. The second kappa shape index (κ2) is 14.6. The Bertz CT molecular complexity index is 1460. The van der Waals surface area contributed by atoms with Crippen LogP contribution in [-0.4, -0.2) is 50.9 Å². The molecule has 3 aromatic rings. The number of carbonyl (C=O) groups is 2. The number of benzene rings is 3. The van der Waals surface area contributed by atoms with Crippen molar-refractivity contribution in [2.45, 2.75) is 69.0 Å². The normalized spacial score (nSPS) is 14.5. The summed E-state index contributed by atoms with van der Waals surface area (Å²) in [6.07, 6.45) is 5.42. The molecular formula is C32H38ClN3O5S. The zero-order chi connectivity index (χ0) is 30.1. The van der Waals surface area contributed by atoms with Crippen LogP contribution >= 0.6 is 11.6 Å². The van der Waals surface area contributed by atoms with Crippen LogP contribution in [0.15, 0.2) is 83.8 Å². The molecule has 0 aromatic heterocycles. The fourth-order valence-corrected chi connectivity index (χ4v) is 7.06. The Balaban J connectivity index is 1.71. The Morgan fingerprint density at radius 3 is 2.33 bits per heavy atom. The van der Waals surface area contributed by atoms with E-state index >= 15 is 0 Å². The minimum Gasteiger partial charge on any atom is -0.497 e. The maximum absolute atomic E-state index is 14.2. The lowest BCUT2D eigenvalue weighted by molar-refractivity contribution is -0.140. The summed E-state index contributed by atoms with van der Waals surface area (Å²) < 4.78 is 34.2. The molecule has 0 spiro atoms. The van der Waals surface area contributed by atoms with Crippen LogP contribution in [0.4, 0.5) is 5.69 Å². The zero-order valence-electron chi connectivity index (χ0n) is 24.0. The number of carbonyl (C=O) groups excluding carboxylic acids is 2. The van der Waals surface area contributed by atoms with Gasteiger partial charge in [-0.1, -0.05) is 80.3 Å². The number of hydrogen-bond donors (Lipinski definition) is 1. The number of nitrogens with one attached hydrogen (secondary N) is 1. The van der Waals surface area contributed by atoms with E-state index in [1.165, 1.54) is 17.0 Å². The average Bonchev–Trinajstić information content (AvgIpc) is 3.01. The van der Waals surface area contributed by atoms with E-state index in [4.69, 9.17) is 16.3 Å². The molecule has 1 fully saturated rings. The third-order valence-corrected chi connectivity index (χ3v) is 9.65. The van der Waals surface area contributed by atoms with Crippen molar-refractivity contribution in [3.8, 4) is 5.75 Å². The lowest BCUT2D eigenvalue weighted by atomic mass is 9.95. The Morgan fingerprint density at radius 1 is 0.976 bits per heavy atom. The van der Waals surface area contributed by atoms with Gasteiger partial charge in [0, 0.05) is 12.6 Å². The number of para-hydroxylation sites is 1. The molecular weight excluding hydrogens is 574 g/mol. The van der Waals surface area contributed by atoms with Gasteiger partial charge in [-0.05, 0) is 61.2 Å². The highest BCUT2D eigenvalue weighted by atomic mass is 35.5. The monoisotopic (exact) mass is 611 g/mol. The van der Waals surface area contributed by atoms with E-state index in [2.05, 4.69) is 5.32 Å². The van der Waals surface area contributed by atoms with Gasteiger partial charge in [-0.2, -0.15) is 0 Å². The van der Waals surface area contributed by atoms with Crippen molar-refractivity contribution >= 4 is 39.1 Å². The van der Waals surface area contributed by atoms with Crippen molar-refractivity contribution in [2.75, 3.05) is 18.0 Å². The van der Waals surface area contributed by atoms with E-state index in [1.54, 1.807) is 61.7 Å². The summed E-state index contributed by atoms with van der Waals surface area (Å²) in [5.74, 6) is -0.150. The van der Waals surface area contributed by atoms with Gasteiger partial charge in [0.25, 0.3) is 10.0 Å². The predicted octanol–water partition coefficient (Wildman–Crippen LogP) is 5.80. The van der Waals surface area contributed by atoms with Gasteiger partial charge < -0.3 is 15.0 Å². The highest BCUT2D eigenvalue weighted by molar-refractivity contribution is 7.92. The molecule has 1 N–H and O–H groups in total. The minimum absolute atomic E-state index is 0.0270. The van der Waals surface area contributed by atoms with Crippen LogP contribution < -0.4 is 14.4 Å². The Hall–Kier alpha value is -3.56. The molecule has 1 aliphatic carbocycles. The van der Waals surface area contributed by atoms with Crippen molar-refractivity contribution in [2.24, 2.45) is 0 Å². The summed E-state index contributed by atoms with van der Waals surface area (Å²) >= 11 is 6.48. The molecule has 0 radical (unpaired) electrons. The molecule has 4 rings (SSSR count). The van der Waals surface area contributed by atoms with Crippen molar-refractivity contribution < 1.29 is 22.7 Å². The topological polar surface area (TPSA) is 96.0 Å². The molecule has 8 nitrogen and oxygen atoms in total. The quantitative estimate of drug-likeness (QED) is 0.279. The molecule has 224 valence electrons. The van der Waals surface area contributed by atoms with Crippen LogP contribution in [0.2, 0.25) is 5.02 Å². The standard InChI is InChI=1S/C32H38ClN3O5S/c1-3-29(32(38)34-25-14-6-4-7-15-25)35(22-24-13-12-16-26(21-24)41-2)31(37)23-36(30-20-11-10-19-28(30)33)42(39,40)27-17-8-5-9-18-27/h5,8-13,16-21,25,29H,3-4,6-7,14-15,22-23H2,1-2H3,(H,34,38). The van der Waals surface area contributed by atoms with E-state index < -0.39 is 28.5 Å². The fraction of sp³-hybridized carbons (Fsp3) is 0.375. The molecule has 1 unspecified atom stereocenters. The second-order valence-corrected chi connectivity index (χ2v) is 12.7. The predicted molar refractivity (Wildman–Crippen MR) is 165 cm³/mol. The highest BCUT2D eigenvalue weighted by Crippen LogP contribution is 2.31. The number of halogens is 1. The number of nitrogens with zero attached hydrogens (tertiary/aromatic N) is 2. The SMILES string of the molecule is CCC(C(=O)NC1CCCCC1)N(Cc1cccc(OC)c1)C(=O)CN(c1ccccc1Cl)S(=O)(=O)c1ccccc1. The molecule has 0 heterocycles. The molecule has 1 atom stereocenters. The molecule has 10 heteroatoms. The molecule has 0 aliphatic heterocycles.